The van der Waals surface area contributed by atoms with Crippen LogP contribution in [0.15, 0.2) is 23.8 Å². The van der Waals surface area contributed by atoms with Crippen LogP contribution in [0, 0.1) is 25.2 Å². The van der Waals surface area contributed by atoms with Crippen molar-refractivity contribution < 1.29 is 0 Å². The van der Waals surface area contributed by atoms with Gasteiger partial charge in [-0.2, -0.15) is 5.26 Å². The van der Waals surface area contributed by atoms with Crippen molar-refractivity contribution in [3.63, 3.8) is 0 Å². The molecule has 0 bridgehead atoms. The highest BCUT2D eigenvalue weighted by Crippen LogP contribution is 2.34. The zero-order chi connectivity index (χ0) is 11.7. The molecule has 0 saturated carbocycles. The second-order valence-electron chi connectivity index (χ2n) is 4.40. The van der Waals surface area contributed by atoms with E-state index in [-0.39, 0.29) is 6.04 Å². The number of benzene rings is 1. The van der Waals surface area contributed by atoms with E-state index in [1.165, 1.54) is 11.1 Å². The number of hydrogen-bond donors (Lipinski definition) is 1. The number of allylic oxidation sites excluding steroid dienone is 1. The van der Waals surface area contributed by atoms with Gasteiger partial charge >= 0.3 is 0 Å². The lowest BCUT2D eigenvalue weighted by atomic mass is 9.93. The fourth-order valence-corrected chi connectivity index (χ4v) is 2.32. The fraction of sp³-hybridized carbons (Fsp3) is 0.357. The molecule has 0 spiro atoms. The number of hydrogen-bond acceptors (Lipinski definition) is 2. The maximum atomic E-state index is 9.11. The molecule has 0 amide bonds. The van der Waals surface area contributed by atoms with Crippen molar-refractivity contribution in [2.75, 3.05) is 0 Å². The summed E-state index contributed by atoms with van der Waals surface area (Å²) in [5.74, 6) is 0. The molecule has 0 fully saturated rings. The third kappa shape index (κ3) is 1.64. The highest BCUT2D eigenvalue weighted by molar-refractivity contribution is 5.79. The van der Waals surface area contributed by atoms with Gasteiger partial charge in [0.2, 0.25) is 0 Å². The average Bonchev–Trinajstić information content (AvgIpc) is 2.64. The Labute approximate surface area is 96.4 Å². The highest BCUT2D eigenvalue weighted by atomic mass is 14.7. The van der Waals surface area contributed by atoms with Gasteiger partial charge in [0.25, 0.3) is 0 Å². The minimum atomic E-state index is 0.0233. The van der Waals surface area contributed by atoms with E-state index in [2.05, 4.69) is 32.0 Å². The summed E-state index contributed by atoms with van der Waals surface area (Å²) in [6, 6.07) is 8.50. The van der Waals surface area contributed by atoms with E-state index in [9.17, 15) is 0 Å². The van der Waals surface area contributed by atoms with Gasteiger partial charge in [0.15, 0.2) is 0 Å². The van der Waals surface area contributed by atoms with Crippen LogP contribution in [0.3, 0.4) is 0 Å². The molecule has 2 N–H and O–H groups in total. The molecule has 0 aromatic heterocycles. The molecule has 82 valence electrons. The fourth-order valence-electron chi connectivity index (χ4n) is 2.32. The molecule has 2 rings (SSSR count). The van der Waals surface area contributed by atoms with Crippen molar-refractivity contribution in [2.24, 2.45) is 5.73 Å². The summed E-state index contributed by atoms with van der Waals surface area (Å²) in [5.41, 5.74) is 11.7. The lowest BCUT2D eigenvalue weighted by Gasteiger charge is -2.14. The predicted molar refractivity (Wildman–Crippen MR) is 65.7 cm³/mol. The van der Waals surface area contributed by atoms with Gasteiger partial charge in [0.1, 0.15) is 0 Å². The van der Waals surface area contributed by atoms with E-state index in [1.54, 1.807) is 0 Å². The van der Waals surface area contributed by atoms with Crippen LogP contribution in [0.5, 0.6) is 0 Å². The first kappa shape index (κ1) is 10.9. The Hall–Kier alpha value is -1.59. The summed E-state index contributed by atoms with van der Waals surface area (Å²) in [4.78, 5) is 0. The van der Waals surface area contributed by atoms with Crippen molar-refractivity contribution in [1.82, 2.24) is 0 Å². The van der Waals surface area contributed by atoms with Gasteiger partial charge in [0.05, 0.1) is 6.07 Å². The molecule has 0 heterocycles. The van der Waals surface area contributed by atoms with E-state index >= 15 is 0 Å². The quantitative estimate of drug-likeness (QED) is 0.778. The standard InChI is InChI=1S/C14H16N2/c1-9-4-3-5-12(10(9)2)14-11(8-15)6-7-13(14)16/h3-5,13H,6-7,16H2,1-2H3. The van der Waals surface area contributed by atoms with E-state index in [0.29, 0.717) is 0 Å². The molecular formula is C14H16N2. The van der Waals surface area contributed by atoms with E-state index in [0.717, 1.165) is 29.6 Å². The van der Waals surface area contributed by atoms with Crippen LogP contribution in [-0.4, -0.2) is 6.04 Å². The van der Waals surface area contributed by atoms with Crippen molar-refractivity contribution in [2.45, 2.75) is 32.7 Å². The first-order chi connectivity index (χ1) is 7.65. The Morgan fingerprint density at radius 1 is 1.38 bits per heavy atom. The molecule has 0 radical (unpaired) electrons. The lowest BCUT2D eigenvalue weighted by molar-refractivity contribution is 0.786. The minimum absolute atomic E-state index is 0.0233. The maximum absolute atomic E-state index is 9.11. The van der Waals surface area contributed by atoms with Crippen LogP contribution in [0.1, 0.15) is 29.5 Å². The van der Waals surface area contributed by atoms with Crippen LogP contribution < -0.4 is 5.73 Å². The summed E-state index contributed by atoms with van der Waals surface area (Å²) in [6.45, 7) is 4.18. The topological polar surface area (TPSA) is 49.8 Å². The molecule has 1 aromatic rings. The SMILES string of the molecule is Cc1cccc(C2=C(C#N)CCC2N)c1C. The Morgan fingerprint density at radius 3 is 2.81 bits per heavy atom. The number of nitrogens with two attached hydrogens (primary N) is 1. The summed E-state index contributed by atoms with van der Waals surface area (Å²) in [5, 5.41) is 9.11. The van der Waals surface area contributed by atoms with Gasteiger partial charge < -0.3 is 5.73 Å². The molecule has 1 atom stereocenters. The van der Waals surface area contributed by atoms with Gasteiger partial charge in [-0.3, -0.25) is 0 Å². The summed E-state index contributed by atoms with van der Waals surface area (Å²) in [6.07, 6.45) is 1.71. The third-order valence-electron chi connectivity index (χ3n) is 3.43. The Bertz CT molecular complexity index is 492. The van der Waals surface area contributed by atoms with Crippen LogP contribution in [0.4, 0.5) is 0 Å². The van der Waals surface area contributed by atoms with E-state index in [1.807, 2.05) is 6.07 Å². The summed E-state index contributed by atoms with van der Waals surface area (Å²) in [7, 11) is 0. The van der Waals surface area contributed by atoms with E-state index < -0.39 is 0 Å². The van der Waals surface area contributed by atoms with Crippen molar-refractivity contribution in [3.05, 3.63) is 40.5 Å². The molecule has 16 heavy (non-hydrogen) atoms. The van der Waals surface area contributed by atoms with Gasteiger partial charge in [-0.15, -0.1) is 0 Å². The molecule has 2 nitrogen and oxygen atoms in total. The zero-order valence-electron chi connectivity index (χ0n) is 9.75. The lowest BCUT2D eigenvalue weighted by Crippen LogP contribution is -2.18. The molecule has 1 unspecified atom stereocenters. The second kappa shape index (κ2) is 4.11. The number of rotatable bonds is 1. The van der Waals surface area contributed by atoms with Crippen LogP contribution in [-0.2, 0) is 0 Å². The Morgan fingerprint density at radius 2 is 2.12 bits per heavy atom. The largest absolute Gasteiger partial charge is 0.324 e. The molecule has 2 heteroatoms. The van der Waals surface area contributed by atoms with E-state index in [4.69, 9.17) is 11.0 Å². The molecule has 0 aliphatic heterocycles. The van der Waals surface area contributed by atoms with Crippen LogP contribution in [0.2, 0.25) is 0 Å². The Balaban J connectivity index is 2.60. The monoisotopic (exact) mass is 212 g/mol. The van der Waals surface area contributed by atoms with Gasteiger partial charge in [0, 0.05) is 11.6 Å². The molecular weight excluding hydrogens is 196 g/mol. The van der Waals surface area contributed by atoms with Crippen LogP contribution in [0.25, 0.3) is 5.57 Å². The smallest absolute Gasteiger partial charge is 0.0950 e. The second-order valence-corrected chi connectivity index (χ2v) is 4.40. The number of nitrogens with zero attached hydrogens (tertiary/aromatic N) is 1. The van der Waals surface area contributed by atoms with Crippen molar-refractivity contribution in [1.29, 1.82) is 5.26 Å². The average molecular weight is 212 g/mol. The molecule has 1 aliphatic carbocycles. The van der Waals surface area contributed by atoms with Gasteiger partial charge in [-0.25, -0.2) is 0 Å². The Kier molecular flexibility index (Phi) is 2.80. The van der Waals surface area contributed by atoms with Crippen molar-refractivity contribution in [3.8, 4) is 6.07 Å². The third-order valence-corrected chi connectivity index (χ3v) is 3.43. The van der Waals surface area contributed by atoms with Crippen molar-refractivity contribution >= 4 is 5.57 Å². The number of aryl methyl sites for hydroxylation is 1. The van der Waals surface area contributed by atoms with Gasteiger partial charge in [-0.1, -0.05) is 18.2 Å². The molecule has 1 aromatic carbocycles. The van der Waals surface area contributed by atoms with Crippen LogP contribution >= 0.6 is 0 Å². The first-order valence-electron chi connectivity index (χ1n) is 5.60. The van der Waals surface area contributed by atoms with Gasteiger partial charge in [-0.05, 0) is 49.0 Å². The first-order valence-corrected chi connectivity index (χ1v) is 5.60. The molecule has 1 aliphatic rings. The molecule has 0 saturated heterocycles. The maximum Gasteiger partial charge on any atom is 0.0950 e. The number of nitriles is 1. The highest BCUT2D eigenvalue weighted by Gasteiger charge is 2.24. The zero-order valence-corrected chi connectivity index (χ0v) is 9.75. The summed E-state index contributed by atoms with van der Waals surface area (Å²) >= 11 is 0. The summed E-state index contributed by atoms with van der Waals surface area (Å²) < 4.78 is 0. The normalized spacial score (nSPS) is 20.0. The predicted octanol–water partition coefficient (Wildman–Crippen LogP) is 2.70. The minimum Gasteiger partial charge on any atom is -0.324 e.